The van der Waals surface area contributed by atoms with Gasteiger partial charge in [-0.1, -0.05) is 198 Å². The fourth-order valence-electron chi connectivity index (χ4n) is 9.76. The van der Waals surface area contributed by atoms with Crippen molar-refractivity contribution in [2.75, 3.05) is 13.1 Å². The summed E-state index contributed by atoms with van der Waals surface area (Å²) in [6, 6.07) is 13.6. The molecular weight excluding hydrogens is 865 g/mol. The van der Waals surface area contributed by atoms with E-state index in [0.29, 0.717) is 18.4 Å². The Morgan fingerprint density at radius 3 is 1.47 bits per heavy atom. The fraction of sp³-hybridized carbons (Fsp3) is 0.695. The minimum Gasteiger partial charge on any atom is -0.313 e. The highest BCUT2D eigenvalue weighted by Crippen LogP contribution is 2.47. The van der Waals surface area contributed by atoms with Crippen molar-refractivity contribution < 1.29 is 9.59 Å². The molecule has 370 valence electrons. The third-order valence-electron chi connectivity index (χ3n) is 13.9. The molecule has 1 aliphatic rings. The predicted molar refractivity (Wildman–Crippen MR) is 294 cm³/mol. The molecule has 0 radical (unpaired) electrons. The van der Waals surface area contributed by atoms with Gasteiger partial charge < -0.3 is 9.80 Å². The molecule has 0 aliphatic carbocycles. The molecule has 2 atom stereocenters. The molecule has 2 unspecified atom stereocenters. The van der Waals surface area contributed by atoms with Crippen molar-refractivity contribution in [3.63, 3.8) is 0 Å². The summed E-state index contributed by atoms with van der Waals surface area (Å²) >= 11 is 5.48. The van der Waals surface area contributed by atoms with Crippen LogP contribution in [0.3, 0.4) is 0 Å². The second kappa shape index (κ2) is 28.9. The first kappa shape index (κ1) is 56.1. The standard InChI is InChI=1S/C59H94N2O2S3/c1-12-16-20-24-26-30-33-46(32-28-22-18-14-3)42-60(44-62)56(51-39-41-53(66-51)59(9,10)11)54-45(5)55(50-37-36-48(64-50)49-38-40-52(65-49)58(6,7)8)61(57(54)63)43-47(34-29-23-19-15-4)35-31-27-25-21-17-13-2/h36-41,44,46-47H,12-35,42-43H2,1-11H3/b56-54+. The fourth-order valence-corrected chi connectivity index (χ4v) is 13.2. The summed E-state index contributed by atoms with van der Waals surface area (Å²) in [6.07, 6.45) is 30.8. The second-order valence-electron chi connectivity index (χ2n) is 21.9. The molecule has 7 heteroatoms. The zero-order valence-electron chi connectivity index (χ0n) is 44.0. The first-order valence-electron chi connectivity index (χ1n) is 27.0. The Balaban J connectivity index is 1.88. The minimum absolute atomic E-state index is 0.0460. The molecule has 0 fully saturated rings. The van der Waals surface area contributed by atoms with Crippen LogP contribution >= 0.6 is 34.0 Å². The molecule has 0 saturated carbocycles. The van der Waals surface area contributed by atoms with E-state index in [0.717, 1.165) is 70.9 Å². The van der Waals surface area contributed by atoms with Crippen LogP contribution in [0, 0.1) is 11.8 Å². The van der Waals surface area contributed by atoms with Gasteiger partial charge in [0.15, 0.2) is 0 Å². The molecule has 0 N–H and O–H groups in total. The van der Waals surface area contributed by atoms with Gasteiger partial charge in [-0.2, -0.15) is 0 Å². The van der Waals surface area contributed by atoms with Crippen molar-refractivity contribution in [1.82, 2.24) is 9.80 Å². The van der Waals surface area contributed by atoms with Crippen molar-refractivity contribution in [2.24, 2.45) is 11.8 Å². The molecule has 4 heterocycles. The third kappa shape index (κ3) is 17.2. The highest BCUT2D eigenvalue weighted by atomic mass is 32.1. The molecular formula is C59H94N2O2S3. The van der Waals surface area contributed by atoms with E-state index in [1.165, 1.54) is 148 Å². The average Bonchev–Trinajstić information content (AvgIpc) is 4.11. The summed E-state index contributed by atoms with van der Waals surface area (Å²) in [5, 5.41) is 0. The quantitative estimate of drug-likeness (QED) is 0.0347. The van der Waals surface area contributed by atoms with Gasteiger partial charge in [-0.3, -0.25) is 9.59 Å². The zero-order valence-corrected chi connectivity index (χ0v) is 46.5. The van der Waals surface area contributed by atoms with Gasteiger partial charge in [0.25, 0.3) is 5.91 Å². The van der Waals surface area contributed by atoms with Gasteiger partial charge >= 0.3 is 0 Å². The topological polar surface area (TPSA) is 40.6 Å². The van der Waals surface area contributed by atoms with E-state index in [9.17, 15) is 4.79 Å². The summed E-state index contributed by atoms with van der Waals surface area (Å²) in [6.45, 7) is 26.4. The minimum atomic E-state index is -0.0460. The molecule has 0 saturated heterocycles. The van der Waals surface area contributed by atoms with Crippen LogP contribution < -0.4 is 0 Å². The molecule has 0 spiro atoms. The number of carbonyl (C=O) groups is 2. The van der Waals surface area contributed by atoms with E-state index in [2.05, 4.69) is 117 Å². The molecule has 0 aromatic carbocycles. The number of hydrogen-bond donors (Lipinski definition) is 0. The summed E-state index contributed by atoms with van der Waals surface area (Å²) in [5.41, 5.74) is 3.68. The van der Waals surface area contributed by atoms with Gasteiger partial charge in [0.2, 0.25) is 6.41 Å². The molecule has 1 aliphatic heterocycles. The molecule has 3 aromatic rings. The smallest absolute Gasteiger partial charge is 0.260 e. The van der Waals surface area contributed by atoms with Crippen LogP contribution in [0.15, 0.2) is 47.5 Å². The molecule has 2 amide bonds. The molecule has 3 aromatic heterocycles. The zero-order chi connectivity index (χ0) is 48.1. The lowest BCUT2D eigenvalue weighted by Gasteiger charge is -2.29. The number of hydrogen-bond acceptors (Lipinski definition) is 5. The Morgan fingerprint density at radius 1 is 0.561 bits per heavy atom. The molecule has 66 heavy (non-hydrogen) atoms. The van der Waals surface area contributed by atoms with E-state index >= 15 is 4.79 Å². The molecule has 4 rings (SSSR count). The Morgan fingerprint density at radius 2 is 0.985 bits per heavy atom. The highest BCUT2D eigenvalue weighted by Gasteiger charge is 2.40. The van der Waals surface area contributed by atoms with Crippen molar-refractivity contribution >= 4 is 57.7 Å². The van der Waals surface area contributed by atoms with Crippen LogP contribution in [0.4, 0.5) is 0 Å². The summed E-state index contributed by atoms with van der Waals surface area (Å²) < 4.78 is 0. The Labute approximate surface area is 417 Å². The monoisotopic (exact) mass is 959 g/mol. The van der Waals surface area contributed by atoms with Crippen LogP contribution in [0.2, 0.25) is 0 Å². The van der Waals surface area contributed by atoms with Crippen molar-refractivity contribution in [3.05, 3.63) is 67.1 Å². The number of nitrogens with zero attached hydrogens (tertiary/aromatic N) is 2. The van der Waals surface area contributed by atoms with E-state index in [1.807, 2.05) is 27.6 Å². The molecule has 4 nitrogen and oxygen atoms in total. The summed E-state index contributed by atoms with van der Waals surface area (Å²) in [5.74, 6) is 0.892. The van der Waals surface area contributed by atoms with E-state index < -0.39 is 0 Å². The summed E-state index contributed by atoms with van der Waals surface area (Å²) in [4.78, 5) is 41.2. The summed E-state index contributed by atoms with van der Waals surface area (Å²) in [7, 11) is 0. The van der Waals surface area contributed by atoms with Crippen LogP contribution in [0.25, 0.3) is 21.1 Å². The van der Waals surface area contributed by atoms with E-state index in [4.69, 9.17) is 0 Å². The van der Waals surface area contributed by atoms with E-state index in [1.54, 1.807) is 11.3 Å². The molecule has 0 bridgehead atoms. The second-order valence-corrected chi connectivity index (χ2v) is 25.2. The first-order valence-corrected chi connectivity index (χ1v) is 29.4. The lowest BCUT2D eigenvalue weighted by Crippen LogP contribution is -2.33. The van der Waals surface area contributed by atoms with Crippen molar-refractivity contribution in [1.29, 1.82) is 0 Å². The van der Waals surface area contributed by atoms with Crippen LogP contribution in [-0.4, -0.2) is 35.2 Å². The third-order valence-corrected chi connectivity index (χ3v) is 18.2. The Hall–Kier alpha value is -2.48. The number of thiophene rings is 3. The SMILES string of the molecule is CCCCCCCCC(CCCCCC)CN1C(=O)/C(=C(\c2ccc(C(C)(C)C)s2)N(C=O)CC(CCCCCC)CCCCCCCC)C(C)=C1c1ccc(-c2ccc(C(C)(C)C)s2)s1. The lowest BCUT2D eigenvalue weighted by atomic mass is 9.93. The van der Waals surface area contributed by atoms with Crippen LogP contribution in [0.1, 0.15) is 250 Å². The average molecular weight is 960 g/mol. The largest absolute Gasteiger partial charge is 0.313 e. The normalized spacial score (nSPS) is 15.3. The number of rotatable bonds is 33. The van der Waals surface area contributed by atoms with Gasteiger partial charge in [-0.15, -0.1) is 34.0 Å². The van der Waals surface area contributed by atoms with Crippen LogP contribution in [-0.2, 0) is 20.4 Å². The van der Waals surface area contributed by atoms with Gasteiger partial charge in [0.1, 0.15) is 0 Å². The number of amides is 2. The number of unbranched alkanes of at least 4 members (excludes halogenated alkanes) is 16. The maximum absolute atomic E-state index is 15.8. The van der Waals surface area contributed by atoms with Crippen molar-refractivity contribution in [2.45, 2.75) is 241 Å². The van der Waals surface area contributed by atoms with Crippen molar-refractivity contribution in [3.8, 4) is 9.75 Å². The van der Waals surface area contributed by atoms with Crippen LogP contribution in [0.5, 0.6) is 0 Å². The van der Waals surface area contributed by atoms with Gasteiger partial charge in [0, 0.05) is 32.6 Å². The van der Waals surface area contributed by atoms with Gasteiger partial charge in [-0.25, -0.2) is 0 Å². The Bertz CT molecular complexity index is 1930. The highest BCUT2D eigenvalue weighted by molar-refractivity contribution is 7.22. The Kier molecular flexibility index (Phi) is 24.6. The maximum Gasteiger partial charge on any atom is 0.260 e. The number of carbonyl (C=O) groups excluding carboxylic acids is 2. The first-order chi connectivity index (χ1) is 31.7. The predicted octanol–water partition coefficient (Wildman–Crippen LogP) is 19.3. The maximum atomic E-state index is 15.8. The van der Waals surface area contributed by atoms with Gasteiger partial charge in [-0.05, 0) is 97.2 Å². The van der Waals surface area contributed by atoms with Gasteiger partial charge in [0.05, 0.1) is 26.7 Å². The lowest BCUT2D eigenvalue weighted by molar-refractivity contribution is -0.123. The van der Waals surface area contributed by atoms with E-state index in [-0.39, 0.29) is 16.7 Å².